The van der Waals surface area contributed by atoms with E-state index in [9.17, 15) is 5.11 Å². The summed E-state index contributed by atoms with van der Waals surface area (Å²) in [6.45, 7) is 2.57. The Hall–Kier alpha value is -1.59. The highest BCUT2D eigenvalue weighted by Crippen LogP contribution is 2.20. The molecule has 5 nitrogen and oxygen atoms in total. The summed E-state index contributed by atoms with van der Waals surface area (Å²) in [5.41, 5.74) is 8.07. The molecule has 0 bridgehead atoms. The van der Waals surface area contributed by atoms with Crippen molar-refractivity contribution in [3.05, 3.63) is 24.0 Å². The Labute approximate surface area is 99.5 Å². The van der Waals surface area contributed by atoms with Crippen molar-refractivity contribution in [2.24, 2.45) is 5.92 Å². The fourth-order valence-corrected chi connectivity index (χ4v) is 1.89. The number of hydrogen-bond donors (Lipinski definition) is 3. The first-order valence-corrected chi connectivity index (χ1v) is 5.62. The Bertz CT molecular complexity index is 522. The minimum absolute atomic E-state index is 0.111. The molecule has 1 heterocycles. The second-order valence-corrected chi connectivity index (χ2v) is 4.33. The Balaban J connectivity index is 2.50. The summed E-state index contributed by atoms with van der Waals surface area (Å²) in [5.74, 6) is 0.723. The van der Waals surface area contributed by atoms with Gasteiger partial charge in [-0.1, -0.05) is 6.92 Å². The molecule has 92 valence electrons. The van der Waals surface area contributed by atoms with Gasteiger partial charge in [-0.25, -0.2) is 4.98 Å². The number of aliphatic hydroxyl groups is 2. The van der Waals surface area contributed by atoms with Gasteiger partial charge in [0.2, 0.25) is 0 Å². The van der Waals surface area contributed by atoms with Crippen LogP contribution < -0.4 is 5.73 Å². The van der Waals surface area contributed by atoms with Crippen LogP contribution in [0, 0.1) is 5.92 Å². The smallest absolute Gasteiger partial charge is 0.135 e. The van der Waals surface area contributed by atoms with Gasteiger partial charge in [-0.15, -0.1) is 0 Å². The number of benzene rings is 1. The number of imidazole rings is 1. The zero-order valence-electron chi connectivity index (χ0n) is 9.80. The summed E-state index contributed by atoms with van der Waals surface area (Å²) in [6.07, 6.45) is 0. The molecule has 17 heavy (non-hydrogen) atoms. The minimum atomic E-state index is -0.118. The standard InChI is InChI=1S/C12H17N3O2/c1-8(6-16)5-15-11-3-2-9(13)4-10(11)14-12(15)7-17/h2-4,8,16-17H,5-7,13H2,1H3. The molecule has 1 aromatic carbocycles. The maximum absolute atomic E-state index is 9.30. The van der Waals surface area contributed by atoms with Gasteiger partial charge in [0.05, 0.1) is 11.0 Å². The van der Waals surface area contributed by atoms with E-state index in [1.165, 1.54) is 0 Å². The predicted octanol–water partition coefficient (Wildman–Crippen LogP) is 0.739. The lowest BCUT2D eigenvalue weighted by Crippen LogP contribution is -2.13. The lowest BCUT2D eigenvalue weighted by atomic mass is 10.2. The number of nitrogens with zero attached hydrogens (tertiary/aromatic N) is 2. The molecule has 0 amide bonds. The third-order valence-electron chi connectivity index (χ3n) is 2.80. The van der Waals surface area contributed by atoms with Crippen molar-refractivity contribution in [1.29, 1.82) is 0 Å². The maximum Gasteiger partial charge on any atom is 0.135 e. The molecular weight excluding hydrogens is 218 g/mol. The molecule has 0 spiro atoms. The molecule has 0 aliphatic rings. The molecule has 2 rings (SSSR count). The highest BCUT2D eigenvalue weighted by atomic mass is 16.3. The van der Waals surface area contributed by atoms with Crippen molar-refractivity contribution in [3.63, 3.8) is 0 Å². The molecule has 0 saturated carbocycles. The van der Waals surface area contributed by atoms with Gasteiger partial charge in [-0.05, 0) is 24.1 Å². The zero-order chi connectivity index (χ0) is 12.4. The lowest BCUT2D eigenvalue weighted by molar-refractivity contribution is 0.216. The first kappa shape index (κ1) is 11.9. The van der Waals surface area contributed by atoms with Gasteiger partial charge in [0, 0.05) is 18.8 Å². The Morgan fingerprint density at radius 3 is 2.82 bits per heavy atom. The summed E-state index contributed by atoms with van der Waals surface area (Å²) in [5, 5.41) is 18.4. The fourth-order valence-electron chi connectivity index (χ4n) is 1.89. The van der Waals surface area contributed by atoms with Crippen LogP contribution in [0.1, 0.15) is 12.7 Å². The number of hydrogen-bond acceptors (Lipinski definition) is 4. The van der Waals surface area contributed by atoms with E-state index in [2.05, 4.69) is 4.98 Å². The van der Waals surface area contributed by atoms with Gasteiger partial charge in [0.15, 0.2) is 0 Å². The van der Waals surface area contributed by atoms with Gasteiger partial charge in [0.1, 0.15) is 12.4 Å². The second-order valence-electron chi connectivity index (χ2n) is 4.33. The van der Waals surface area contributed by atoms with Crippen LogP contribution in [-0.4, -0.2) is 26.4 Å². The zero-order valence-corrected chi connectivity index (χ0v) is 9.80. The van der Waals surface area contributed by atoms with E-state index in [-0.39, 0.29) is 19.1 Å². The summed E-state index contributed by atoms with van der Waals surface area (Å²) in [4.78, 5) is 4.33. The monoisotopic (exact) mass is 235 g/mol. The van der Waals surface area contributed by atoms with E-state index < -0.39 is 0 Å². The molecule has 0 saturated heterocycles. The van der Waals surface area contributed by atoms with Gasteiger partial charge in [-0.2, -0.15) is 0 Å². The van der Waals surface area contributed by atoms with Crippen LogP contribution >= 0.6 is 0 Å². The number of nitrogen functional groups attached to an aromatic ring is 1. The third kappa shape index (κ3) is 2.25. The van der Waals surface area contributed by atoms with Crippen LogP contribution in [0.5, 0.6) is 0 Å². The molecule has 1 atom stereocenters. The topological polar surface area (TPSA) is 84.3 Å². The lowest BCUT2D eigenvalue weighted by Gasteiger charge is -2.12. The van der Waals surface area contributed by atoms with E-state index in [4.69, 9.17) is 10.8 Å². The molecule has 1 aromatic heterocycles. The van der Waals surface area contributed by atoms with Crippen molar-refractivity contribution in [1.82, 2.24) is 9.55 Å². The number of aliphatic hydroxyl groups excluding tert-OH is 2. The third-order valence-corrected chi connectivity index (χ3v) is 2.80. The van der Waals surface area contributed by atoms with Crippen molar-refractivity contribution in [3.8, 4) is 0 Å². The van der Waals surface area contributed by atoms with Crippen molar-refractivity contribution in [2.75, 3.05) is 12.3 Å². The van der Waals surface area contributed by atoms with E-state index in [0.717, 1.165) is 11.0 Å². The SMILES string of the molecule is CC(CO)Cn1c(CO)nc2cc(N)ccc21. The van der Waals surface area contributed by atoms with E-state index in [0.29, 0.717) is 18.1 Å². The number of nitrogens with two attached hydrogens (primary N) is 1. The first-order chi connectivity index (χ1) is 8.15. The summed E-state index contributed by atoms with van der Waals surface area (Å²) in [6, 6.07) is 5.49. The average Bonchev–Trinajstić information content (AvgIpc) is 2.66. The second kappa shape index (κ2) is 4.73. The Morgan fingerprint density at radius 2 is 2.18 bits per heavy atom. The quantitative estimate of drug-likeness (QED) is 0.682. The summed E-state index contributed by atoms with van der Waals surface area (Å²) >= 11 is 0. The van der Waals surface area contributed by atoms with Crippen LogP contribution in [0.3, 0.4) is 0 Å². The molecule has 0 fully saturated rings. The van der Waals surface area contributed by atoms with Crippen LogP contribution in [0.2, 0.25) is 0 Å². The molecule has 0 aliphatic carbocycles. The van der Waals surface area contributed by atoms with Gasteiger partial charge < -0.3 is 20.5 Å². The molecule has 5 heteroatoms. The van der Waals surface area contributed by atoms with E-state index >= 15 is 0 Å². The van der Waals surface area contributed by atoms with Gasteiger partial charge >= 0.3 is 0 Å². The Kier molecular flexibility index (Phi) is 3.31. The van der Waals surface area contributed by atoms with Crippen molar-refractivity contribution < 1.29 is 10.2 Å². The van der Waals surface area contributed by atoms with Crippen LogP contribution in [0.25, 0.3) is 11.0 Å². The number of aromatic nitrogens is 2. The van der Waals surface area contributed by atoms with Crippen LogP contribution in [0.4, 0.5) is 5.69 Å². The maximum atomic E-state index is 9.30. The summed E-state index contributed by atoms with van der Waals surface area (Å²) < 4.78 is 1.93. The van der Waals surface area contributed by atoms with E-state index in [1.54, 1.807) is 6.07 Å². The van der Waals surface area contributed by atoms with Crippen LogP contribution in [0.15, 0.2) is 18.2 Å². The fraction of sp³-hybridized carbons (Fsp3) is 0.417. The van der Waals surface area contributed by atoms with Crippen molar-refractivity contribution >= 4 is 16.7 Å². The molecule has 4 N–H and O–H groups in total. The van der Waals surface area contributed by atoms with Crippen molar-refractivity contribution in [2.45, 2.75) is 20.1 Å². The van der Waals surface area contributed by atoms with Gasteiger partial charge in [0.25, 0.3) is 0 Å². The van der Waals surface area contributed by atoms with E-state index in [1.807, 2.05) is 23.6 Å². The molecule has 0 radical (unpaired) electrons. The predicted molar refractivity (Wildman–Crippen MR) is 66.3 cm³/mol. The van der Waals surface area contributed by atoms with Crippen LogP contribution in [-0.2, 0) is 13.2 Å². The highest BCUT2D eigenvalue weighted by molar-refractivity contribution is 5.79. The normalized spacial score (nSPS) is 13.1. The molecule has 0 aliphatic heterocycles. The minimum Gasteiger partial charge on any atom is -0.399 e. The molecule has 2 aromatic rings. The average molecular weight is 235 g/mol. The highest BCUT2D eigenvalue weighted by Gasteiger charge is 2.12. The molecule has 1 unspecified atom stereocenters. The van der Waals surface area contributed by atoms with Gasteiger partial charge in [-0.3, -0.25) is 0 Å². The summed E-state index contributed by atoms with van der Waals surface area (Å²) in [7, 11) is 0. The first-order valence-electron chi connectivity index (χ1n) is 5.62. The largest absolute Gasteiger partial charge is 0.399 e. The number of fused-ring (bicyclic) bond motifs is 1. The molecular formula is C12H17N3O2. The Morgan fingerprint density at radius 1 is 1.41 bits per heavy atom. The number of rotatable bonds is 4. The number of anilines is 1.